The standard InChI is InChI=1S/C16H11ClF3N3O4/c17-12-8-13(14(23(25)26)7-11(12)16(18,19)20)21-9-2-1-3-10(6-9)22-4-5-27-15(22)24/h1-3,6-8,21H,4-5H2. The Morgan fingerprint density at radius 3 is 2.59 bits per heavy atom. The number of amides is 1. The van der Waals surface area contributed by atoms with Crippen LogP contribution in [-0.2, 0) is 10.9 Å². The van der Waals surface area contributed by atoms with Gasteiger partial charge in [0.25, 0.3) is 5.69 Å². The first-order valence-electron chi connectivity index (χ1n) is 7.53. The Labute approximate surface area is 155 Å². The monoisotopic (exact) mass is 401 g/mol. The van der Waals surface area contributed by atoms with Gasteiger partial charge in [-0.1, -0.05) is 17.7 Å². The lowest BCUT2D eigenvalue weighted by atomic mass is 10.1. The molecule has 0 unspecified atom stereocenters. The maximum atomic E-state index is 12.9. The predicted molar refractivity (Wildman–Crippen MR) is 91.5 cm³/mol. The zero-order chi connectivity index (χ0) is 19.8. The zero-order valence-corrected chi connectivity index (χ0v) is 14.2. The number of nitro benzene ring substituents is 1. The lowest BCUT2D eigenvalue weighted by molar-refractivity contribution is -0.384. The number of ether oxygens (including phenoxy) is 1. The molecule has 0 saturated carbocycles. The number of nitrogens with zero attached hydrogens (tertiary/aromatic N) is 2. The minimum atomic E-state index is -4.82. The fraction of sp³-hybridized carbons (Fsp3) is 0.188. The summed E-state index contributed by atoms with van der Waals surface area (Å²) in [6, 6.07) is 7.50. The molecule has 0 radical (unpaired) electrons. The van der Waals surface area contributed by atoms with Crippen LogP contribution in [0.2, 0.25) is 5.02 Å². The van der Waals surface area contributed by atoms with Crippen LogP contribution in [0.15, 0.2) is 36.4 Å². The normalized spacial score (nSPS) is 14.2. The molecule has 0 atom stereocenters. The number of carbonyl (C=O) groups is 1. The van der Waals surface area contributed by atoms with Crippen molar-refractivity contribution in [1.82, 2.24) is 0 Å². The summed E-state index contributed by atoms with van der Waals surface area (Å²) in [6.45, 7) is 0.574. The summed E-state index contributed by atoms with van der Waals surface area (Å²) < 4.78 is 43.7. The molecule has 11 heteroatoms. The van der Waals surface area contributed by atoms with Crippen LogP contribution < -0.4 is 10.2 Å². The van der Waals surface area contributed by atoms with E-state index in [1.54, 1.807) is 18.2 Å². The first kappa shape index (κ1) is 18.8. The van der Waals surface area contributed by atoms with Crippen molar-refractivity contribution in [1.29, 1.82) is 0 Å². The van der Waals surface area contributed by atoms with Crippen LogP contribution in [0.25, 0.3) is 0 Å². The molecule has 27 heavy (non-hydrogen) atoms. The van der Waals surface area contributed by atoms with Crippen LogP contribution in [0.1, 0.15) is 5.56 Å². The second kappa shape index (κ2) is 6.95. The van der Waals surface area contributed by atoms with E-state index < -0.39 is 33.5 Å². The van der Waals surface area contributed by atoms with Crippen molar-refractivity contribution in [3.05, 3.63) is 57.1 Å². The molecule has 1 aliphatic heterocycles. The van der Waals surface area contributed by atoms with Crippen molar-refractivity contribution in [3.8, 4) is 0 Å². The van der Waals surface area contributed by atoms with Gasteiger partial charge in [0.2, 0.25) is 0 Å². The van der Waals surface area contributed by atoms with E-state index in [0.29, 0.717) is 24.0 Å². The summed E-state index contributed by atoms with van der Waals surface area (Å²) in [6.07, 6.45) is -5.35. The second-order valence-corrected chi connectivity index (χ2v) is 5.95. The highest BCUT2D eigenvalue weighted by Gasteiger charge is 2.36. The van der Waals surface area contributed by atoms with E-state index in [1.807, 2.05) is 0 Å². The Morgan fingerprint density at radius 1 is 1.26 bits per heavy atom. The third kappa shape index (κ3) is 3.90. The highest BCUT2D eigenvalue weighted by Crippen LogP contribution is 2.41. The average molecular weight is 402 g/mol. The van der Waals surface area contributed by atoms with Crippen LogP contribution in [-0.4, -0.2) is 24.2 Å². The molecule has 7 nitrogen and oxygen atoms in total. The molecule has 142 valence electrons. The fourth-order valence-corrected chi connectivity index (χ4v) is 2.84. The molecule has 0 aliphatic carbocycles. The van der Waals surface area contributed by atoms with Crippen molar-refractivity contribution in [2.45, 2.75) is 6.18 Å². The molecule has 1 N–H and O–H groups in total. The van der Waals surface area contributed by atoms with Crippen molar-refractivity contribution in [2.75, 3.05) is 23.4 Å². The zero-order valence-electron chi connectivity index (χ0n) is 13.4. The van der Waals surface area contributed by atoms with Gasteiger partial charge in [0.05, 0.1) is 22.1 Å². The largest absolute Gasteiger partial charge is 0.447 e. The van der Waals surface area contributed by atoms with E-state index in [9.17, 15) is 28.1 Å². The van der Waals surface area contributed by atoms with Crippen molar-refractivity contribution in [3.63, 3.8) is 0 Å². The van der Waals surface area contributed by atoms with E-state index in [2.05, 4.69) is 5.32 Å². The molecule has 2 aromatic rings. The van der Waals surface area contributed by atoms with Crippen molar-refractivity contribution in [2.24, 2.45) is 0 Å². The van der Waals surface area contributed by atoms with Gasteiger partial charge in [0.15, 0.2) is 0 Å². The molecule has 1 saturated heterocycles. The van der Waals surface area contributed by atoms with Gasteiger partial charge in [-0.15, -0.1) is 0 Å². The topological polar surface area (TPSA) is 84.7 Å². The van der Waals surface area contributed by atoms with Crippen LogP contribution in [0, 0.1) is 10.1 Å². The van der Waals surface area contributed by atoms with Crippen molar-refractivity contribution < 1.29 is 27.6 Å². The summed E-state index contributed by atoms with van der Waals surface area (Å²) in [4.78, 5) is 23.3. The Morgan fingerprint density at radius 2 is 2.00 bits per heavy atom. The molecule has 0 aromatic heterocycles. The number of alkyl halides is 3. The van der Waals surface area contributed by atoms with E-state index in [-0.39, 0.29) is 12.3 Å². The highest BCUT2D eigenvalue weighted by atomic mass is 35.5. The third-order valence-electron chi connectivity index (χ3n) is 3.79. The van der Waals surface area contributed by atoms with Gasteiger partial charge in [-0.25, -0.2) is 4.79 Å². The predicted octanol–water partition coefficient (Wildman–Crippen LogP) is 4.97. The van der Waals surface area contributed by atoms with Gasteiger partial charge in [-0.2, -0.15) is 13.2 Å². The number of nitrogens with one attached hydrogen (secondary N) is 1. The molecule has 1 aliphatic rings. The summed E-state index contributed by atoms with van der Waals surface area (Å²) in [5.74, 6) is 0. The van der Waals surface area contributed by atoms with E-state index in [0.717, 1.165) is 6.07 Å². The number of cyclic esters (lactones) is 1. The summed E-state index contributed by atoms with van der Waals surface area (Å²) in [5, 5.41) is 13.2. The molecular weight excluding hydrogens is 391 g/mol. The molecule has 2 aromatic carbocycles. The Kier molecular flexibility index (Phi) is 4.83. The van der Waals surface area contributed by atoms with E-state index in [4.69, 9.17) is 16.3 Å². The Bertz CT molecular complexity index is 920. The fourth-order valence-electron chi connectivity index (χ4n) is 2.57. The molecule has 1 fully saturated rings. The maximum absolute atomic E-state index is 12.9. The summed E-state index contributed by atoms with van der Waals surface area (Å²) >= 11 is 5.66. The third-order valence-corrected chi connectivity index (χ3v) is 4.10. The number of rotatable bonds is 4. The quantitative estimate of drug-likeness (QED) is 0.577. The van der Waals surface area contributed by atoms with E-state index >= 15 is 0 Å². The lowest BCUT2D eigenvalue weighted by Gasteiger charge is -2.15. The van der Waals surface area contributed by atoms with Crippen LogP contribution in [0.5, 0.6) is 0 Å². The number of halogens is 4. The first-order valence-corrected chi connectivity index (χ1v) is 7.91. The number of hydrogen-bond acceptors (Lipinski definition) is 5. The Balaban J connectivity index is 1.97. The number of anilines is 3. The Hall–Kier alpha value is -3.01. The summed E-state index contributed by atoms with van der Waals surface area (Å²) in [7, 11) is 0. The number of benzene rings is 2. The van der Waals surface area contributed by atoms with Crippen LogP contribution >= 0.6 is 11.6 Å². The van der Waals surface area contributed by atoms with Gasteiger partial charge in [-0.05, 0) is 24.3 Å². The molecule has 1 amide bonds. The molecular formula is C16H11ClF3N3O4. The minimum Gasteiger partial charge on any atom is -0.447 e. The molecule has 0 spiro atoms. The van der Waals surface area contributed by atoms with E-state index in [1.165, 1.54) is 11.0 Å². The smallest absolute Gasteiger partial charge is 0.418 e. The van der Waals surface area contributed by atoms with Gasteiger partial charge < -0.3 is 10.1 Å². The highest BCUT2D eigenvalue weighted by molar-refractivity contribution is 6.32. The molecule has 1 heterocycles. The van der Waals surface area contributed by atoms with Crippen LogP contribution in [0.4, 0.5) is 40.7 Å². The summed E-state index contributed by atoms with van der Waals surface area (Å²) in [5.41, 5.74) is -1.49. The maximum Gasteiger partial charge on any atom is 0.418 e. The number of carbonyl (C=O) groups excluding carboxylic acids is 1. The second-order valence-electron chi connectivity index (χ2n) is 5.55. The van der Waals surface area contributed by atoms with Crippen LogP contribution in [0.3, 0.4) is 0 Å². The molecule has 3 rings (SSSR count). The van der Waals surface area contributed by atoms with Gasteiger partial charge >= 0.3 is 12.3 Å². The lowest BCUT2D eigenvalue weighted by Crippen LogP contribution is -2.23. The minimum absolute atomic E-state index is 0.209. The number of hydrogen-bond donors (Lipinski definition) is 1. The van der Waals surface area contributed by atoms with Gasteiger partial charge in [-0.3, -0.25) is 15.0 Å². The first-order chi connectivity index (χ1) is 12.7. The SMILES string of the molecule is O=C1OCCN1c1cccc(Nc2cc(Cl)c(C(F)(F)F)cc2[N+](=O)[O-])c1. The van der Waals surface area contributed by atoms with Gasteiger partial charge in [0.1, 0.15) is 12.3 Å². The average Bonchev–Trinajstić information content (AvgIpc) is 3.00. The van der Waals surface area contributed by atoms with Gasteiger partial charge in [0, 0.05) is 17.4 Å². The number of nitro groups is 1. The molecule has 0 bridgehead atoms. The van der Waals surface area contributed by atoms with Crippen molar-refractivity contribution >= 4 is 40.4 Å².